The van der Waals surface area contributed by atoms with Crippen LogP contribution in [0.5, 0.6) is 0 Å². The largest absolute Gasteiger partial charge is 0.444 e. The van der Waals surface area contributed by atoms with E-state index in [0.29, 0.717) is 31.5 Å². The molecule has 1 saturated heterocycles. The number of hydrazine groups is 1. The summed E-state index contributed by atoms with van der Waals surface area (Å²) < 4.78 is 5.29. The van der Waals surface area contributed by atoms with Crippen LogP contribution < -0.4 is 10.7 Å². The molecule has 2 aromatic rings. The average molecular weight is 413 g/mol. The highest BCUT2D eigenvalue weighted by Crippen LogP contribution is 2.29. The minimum absolute atomic E-state index is 0.00121. The van der Waals surface area contributed by atoms with Gasteiger partial charge in [-0.1, -0.05) is 30.3 Å². The quantitative estimate of drug-likeness (QED) is 0.564. The van der Waals surface area contributed by atoms with Crippen molar-refractivity contribution in [1.82, 2.24) is 15.3 Å². The number of benzene rings is 1. The standard InChI is InChI=1S/C21H27N5O4/c1-21(2,3)30-20(27)23-17-9-11-25(12-10-17)24-19-18(26(28)29)13-16(14-22-19)15-7-5-4-6-8-15/h4-8,13-14,17H,9-12H2,1-3H3,(H,22,24)(H,23,27). The first kappa shape index (κ1) is 21.5. The van der Waals surface area contributed by atoms with Crippen LogP contribution in [0.15, 0.2) is 42.6 Å². The van der Waals surface area contributed by atoms with E-state index >= 15 is 0 Å². The molecule has 0 atom stereocenters. The van der Waals surface area contributed by atoms with Gasteiger partial charge in [0, 0.05) is 37.0 Å². The van der Waals surface area contributed by atoms with Crippen molar-refractivity contribution in [3.05, 3.63) is 52.7 Å². The highest BCUT2D eigenvalue weighted by molar-refractivity contribution is 5.70. The Morgan fingerprint density at radius 1 is 1.20 bits per heavy atom. The van der Waals surface area contributed by atoms with E-state index in [1.807, 2.05) is 56.1 Å². The number of ether oxygens (including phenoxy) is 1. The molecule has 1 aliphatic rings. The predicted molar refractivity (Wildman–Crippen MR) is 114 cm³/mol. The molecule has 2 N–H and O–H groups in total. The van der Waals surface area contributed by atoms with Gasteiger partial charge in [-0.25, -0.2) is 14.8 Å². The van der Waals surface area contributed by atoms with Crippen LogP contribution in [-0.4, -0.2) is 45.7 Å². The van der Waals surface area contributed by atoms with Gasteiger partial charge in [0.25, 0.3) is 0 Å². The van der Waals surface area contributed by atoms with Gasteiger partial charge < -0.3 is 10.1 Å². The maximum absolute atomic E-state index is 11.9. The van der Waals surface area contributed by atoms with Crippen LogP contribution in [0, 0.1) is 10.1 Å². The molecule has 0 radical (unpaired) electrons. The molecule has 0 saturated carbocycles. The maximum atomic E-state index is 11.9. The number of nitrogens with zero attached hydrogens (tertiary/aromatic N) is 3. The number of nitrogens with one attached hydrogen (secondary N) is 2. The second-order valence-electron chi connectivity index (χ2n) is 8.23. The van der Waals surface area contributed by atoms with Gasteiger partial charge in [0.1, 0.15) is 5.60 Å². The molecule has 0 spiro atoms. The number of nitro groups is 1. The van der Waals surface area contributed by atoms with Crippen molar-refractivity contribution in [3.8, 4) is 11.1 Å². The number of rotatable bonds is 5. The van der Waals surface area contributed by atoms with Crippen molar-refractivity contribution >= 4 is 17.6 Å². The third-order valence-corrected chi connectivity index (χ3v) is 4.65. The van der Waals surface area contributed by atoms with Crippen molar-refractivity contribution < 1.29 is 14.5 Å². The SMILES string of the molecule is CC(C)(C)OC(=O)NC1CCN(Nc2ncc(-c3ccccc3)cc2[N+](=O)[O-])CC1. The van der Waals surface area contributed by atoms with Gasteiger partial charge >= 0.3 is 11.8 Å². The number of hydrogen-bond donors (Lipinski definition) is 2. The number of alkyl carbamates (subject to hydrolysis) is 1. The topological polar surface area (TPSA) is 110 Å². The van der Waals surface area contributed by atoms with E-state index in [0.717, 1.165) is 5.56 Å². The Labute approximate surface area is 175 Å². The molecule has 1 aromatic carbocycles. The predicted octanol–water partition coefficient (Wildman–Crippen LogP) is 3.97. The van der Waals surface area contributed by atoms with Crippen LogP contribution >= 0.6 is 0 Å². The molecule has 1 amide bonds. The number of hydrogen-bond acceptors (Lipinski definition) is 7. The van der Waals surface area contributed by atoms with Gasteiger partial charge in [0.15, 0.2) is 0 Å². The molecule has 0 bridgehead atoms. The molecule has 2 heterocycles. The zero-order valence-corrected chi connectivity index (χ0v) is 17.4. The highest BCUT2D eigenvalue weighted by Gasteiger charge is 2.25. The normalized spacial score (nSPS) is 15.4. The van der Waals surface area contributed by atoms with E-state index in [-0.39, 0.29) is 17.5 Å². The monoisotopic (exact) mass is 413 g/mol. The van der Waals surface area contributed by atoms with Crippen LogP contribution in [0.4, 0.5) is 16.3 Å². The molecule has 1 fully saturated rings. The fourth-order valence-corrected chi connectivity index (χ4v) is 3.23. The lowest BCUT2D eigenvalue weighted by Gasteiger charge is -2.33. The lowest BCUT2D eigenvalue weighted by Crippen LogP contribution is -2.47. The number of piperidine rings is 1. The van der Waals surface area contributed by atoms with E-state index in [1.165, 1.54) is 6.07 Å². The summed E-state index contributed by atoms with van der Waals surface area (Å²) in [6, 6.07) is 10.9. The van der Waals surface area contributed by atoms with Crippen molar-refractivity contribution in [3.63, 3.8) is 0 Å². The first-order valence-corrected chi connectivity index (χ1v) is 9.92. The molecule has 0 unspecified atom stereocenters. The zero-order chi connectivity index (χ0) is 21.7. The van der Waals surface area contributed by atoms with E-state index in [4.69, 9.17) is 4.74 Å². The molecule has 9 nitrogen and oxygen atoms in total. The fraction of sp³-hybridized carbons (Fsp3) is 0.429. The molecule has 1 aromatic heterocycles. The lowest BCUT2D eigenvalue weighted by molar-refractivity contribution is -0.384. The Bertz CT molecular complexity index is 890. The Morgan fingerprint density at radius 2 is 1.87 bits per heavy atom. The van der Waals surface area contributed by atoms with E-state index in [2.05, 4.69) is 15.7 Å². The van der Waals surface area contributed by atoms with Crippen molar-refractivity contribution in [2.45, 2.75) is 45.3 Å². The number of aromatic nitrogens is 1. The van der Waals surface area contributed by atoms with Gasteiger partial charge in [-0.2, -0.15) is 0 Å². The minimum Gasteiger partial charge on any atom is -0.444 e. The van der Waals surface area contributed by atoms with Crippen molar-refractivity contribution in [1.29, 1.82) is 0 Å². The molecule has 160 valence electrons. The van der Waals surface area contributed by atoms with E-state index < -0.39 is 16.6 Å². The number of carbonyl (C=O) groups is 1. The molecule has 1 aliphatic heterocycles. The number of anilines is 1. The summed E-state index contributed by atoms with van der Waals surface area (Å²) in [4.78, 5) is 27.4. The number of pyridine rings is 1. The fourth-order valence-electron chi connectivity index (χ4n) is 3.23. The smallest absolute Gasteiger partial charge is 0.407 e. The Morgan fingerprint density at radius 3 is 2.47 bits per heavy atom. The number of amides is 1. The van der Waals surface area contributed by atoms with Crippen molar-refractivity contribution in [2.75, 3.05) is 18.5 Å². The summed E-state index contributed by atoms with van der Waals surface area (Å²) in [5.74, 6) is 0.207. The Balaban J connectivity index is 1.61. The Kier molecular flexibility index (Phi) is 6.51. The van der Waals surface area contributed by atoms with Crippen LogP contribution in [-0.2, 0) is 4.74 Å². The molecule has 3 rings (SSSR count). The van der Waals surface area contributed by atoms with Gasteiger partial charge in [0.2, 0.25) is 5.82 Å². The molecule has 0 aliphatic carbocycles. The van der Waals surface area contributed by atoms with Crippen LogP contribution in [0.2, 0.25) is 0 Å². The summed E-state index contributed by atoms with van der Waals surface area (Å²) in [7, 11) is 0. The van der Waals surface area contributed by atoms with E-state index in [1.54, 1.807) is 6.20 Å². The summed E-state index contributed by atoms with van der Waals surface area (Å²) >= 11 is 0. The summed E-state index contributed by atoms with van der Waals surface area (Å²) in [5.41, 5.74) is 4.00. The first-order valence-electron chi connectivity index (χ1n) is 9.92. The lowest BCUT2D eigenvalue weighted by atomic mass is 10.1. The highest BCUT2D eigenvalue weighted by atomic mass is 16.6. The van der Waals surface area contributed by atoms with Crippen molar-refractivity contribution in [2.24, 2.45) is 0 Å². The molecular formula is C21H27N5O4. The number of carbonyl (C=O) groups excluding carboxylic acids is 1. The third kappa shape index (κ3) is 5.90. The summed E-state index contributed by atoms with van der Waals surface area (Å²) in [5, 5.41) is 16.3. The molecule has 9 heteroatoms. The van der Waals surface area contributed by atoms with Gasteiger partial charge in [-0.05, 0) is 39.2 Å². The van der Waals surface area contributed by atoms with Gasteiger partial charge in [-0.15, -0.1) is 0 Å². The second-order valence-corrected chi connectivity index (χ2v) is 8.23. The molecule has 30 heavy (non-hydrogen) atoms. The maximum Gasteiger partial charge on any atom is 0.407 e. The average Bonchev–Trinajstić information content (AvgIpc) is 2.69. The van der Waals surface area contributed by atoms with Gasteiger partial charge in [-0.3, -0.25) is 15.5 Å². The summed E-state index contributed by atoms with van der Waals surface area (Å²) in [6.07, 6.45) is 2.59. The second kappa shape index (κ2) is 9.08. The van der Waals surface area contributed by atoms with Crippen LogP contribution in [0.25, 0.3) is 11.1 Å². The van der Waals surface area contributed by atoms with Crippen LogP contribution in [0.3, 0.4) is 0 Å². The molecular weight excluding hydrogens is 386 g/mol. The first-order chi connectivity index (χ1) is 14.2. The van der Waals surface area contributed by atoms with Gasteiger partial charge in [0.05, 0.1) is 4.92 Å². The summed E-state index contributed by atoms with van der Waals surface area (Å²) in [6.45, 7) is 6.69. The van der Waals surface area contributed by atoms with Crippen LogP contribution in [0.1, 0.15) is 33.6 Å². The zero-order valence-electron chi connectivity index (χ0n) is 17.4. The Hall–Kier alpha value is -3.20. The third-order valence-electron chi connectivity index (χ3n) is 4.65. The van der Waals surface area contributed by atoms with E-state index in [9.17, 15) is 14.9 Å². The minimum atomic E-state index is -0.539.